The first-order valence-electron chi connectivity index (χ1n) is 9.36. The number of methoxy groups -OCH3 is 1. The van der Waals surface area contributed by atoms with Gasteiger partial charge in [-0.15, -0.1) is 0 Å². The lowest BCUT2D eigenvalue weighted by Crippen LogP contribution is -2.29. The Labute approximate surface area is 196 Å². The molecule has 0 amide bonds. The van der Waals surface area contributed by atoms with E-state index in [-0.39, 0.29) is 12.2 Å². The van der Waals surface area contributed by atoms with E-state index in [1.165, 1.54) is 18.0 Å². The number of benzene rings is 2. The number of esters is 1. The van der Waals surface area contributed by atoms with Crippen molar-refractivity contribution in [2.75, 3.05) is 13.7 Å². The van der Waals surface area contributed by atoms with Gasteiger partial charge in [-0.05, 0) is 36.4 Å². The first-order valence-corrected chi connectivity index (χ1v) is 10.9. The van der Waals surface area contributed by atoms with E-state index in [4.69, 9.17) is 9.72 Å². The summed E-state index contributed by atoms with van der Waals surface area (Å²) in [7, 11) is 1.29. The Bertz CT molecular complexity index is 1230. The van der Waals surface area contributed by atoms with Crippen molar-refractivity contribution in [3.8, 4) is 5.75 Å². The standard InChI is InChI=1S/C22H21Br2N3O4/c1-22(2,3)21-26-17-7-5-15(24)10-16(17)20(29)27(21)25-11-13-9-14(23)6-8-18(13)31-12-19(28)30-4/h5-11H,12H2,1-4H3. The molecule has 9 heteroatoms. The molecule has 0 N–H and O–H groups in total. The topological polar surface area (TPSA) is 82.8 Å². The molecule has 2 aromatic carbocycles. The molecule has 1 heterocycles. The second-order valence-electron chi connectivity index (χ2n) is 7.76. The van der Waals surface area contributed by atoms with Crippen LogP contribution >= 0.6 is 31.9 Å². The van der Waals surface area contributed by atoms with Gasteiger partial charge in [0, 0.05) is 19.9 Å². The van der Waals surface area contributed by atoms with E-state index in [0.717, 1.165) is 8.95 Å². The monoisotopic (exact) mass is 549 g/mol. The van der Waals surface area contributed by atoms with Crippen molar-refractivity contribution in [2.45, 2.75) is 26.2 Å². The van der Waals surface area contributed by atoms with E-state index in [0.29, 0.717) is 28.0 Å². The molecular formula is C22H21Br2N3O4. The SMILES string of the molecule is COC(=O)COc1ccc(Br)cc1C=Nn1c(C(C)(C)C)nc2ccc(Br)cc2c1=O. The molecule has 3 aromatic rings. The molecule has 7 nitrogen and oxygen atoms in total. The first kappa shape index (κ1) is 23.1. The van der Waals surface area contributed by atoms with Crippen molar-refractivity contribution in [3.05, 3.63) is 67.1 Å². The van der Waals surface area contributed by atoms with Crippen LogP contribution < -0.4 is 10.3 Å². The van der Waals surface area contributed by atoms with Gasteiger partial charge in [-0.3, -0.25) is 4.79 Å². The summed E-state index contributed by atoms with van der Waals surface area (Å²) in [5.41, 5.74) is 0.479. The number of nitrogens with zero attached hydrogens (tertiary/aromatic N) is 3. The fraction of sp³-hybridized carbons (Fsp3) is 0.273. The van der Waals surface area contributed by atoms with Crippen molar-refractivity contribution in [2.24, 2.45) is 5.10 Å². The zero-order chi connectivity index (χ0) is 22.8. The summed E-state index contributed by atoms with van der Waals surface area (Å²) in [5, 5.41) is 4.91. The smallest absolute Gasteiger partial charge is 0.343 e. The van der Waals surface area contributed by atoms with Gasteiger partial charge in [0.1, 0.15) is 11.6 Å². The van der Waals surface area contributed by atoms with E-state index < -0.39 is 11.4 Å². The molecule has 0 bridgehead atoms. The number of carbonyl (C=O) groups is 1. The fourth-order valence-electron chi connectivity index (χ4n) is 2.81. The molecule has 162 valence electrons. The van der Waals surface area contributed by atoms with Crippen LogP contribution in [-0.4, -0.2) is 35.6 Å². The van der Waals surface area contributed by atoms with Gasteiger partial charge in [0.25, 0.3) is 5.56 Å². The summed E-state index contributed by atoms with van der Waals surface area (Å²) in [6.45, 7) is 5.66. The van der Waals surface area contributed by atoms with Gasteiger partial charge in [0.15, 0.2) is 6.61 Å². The molecule has 0 unspecified atom stereocenters. The third kappa shape index (κ3) is 5.40. The minimum Gasteiger partial charge on any atom is -0.481 e. The molecular weight excluding hydrogens is 530 g/mol. The van der Waals surface area contributed by atoms with Gasteiger partial charge in [-0.2, -0.15) is 9.78 Å². The van der Waals surface area contributed by atoms with Gasteiger partial charge in [-0.1, -0.05) is 52.6 Å². The van der Waals surface area contributed by atoms with E-state index >= 15 is 0 Å². The zero-order valence-electron chi connectivity index (χ0n) is 17.5. The fourth-order valence-corrected chi connectivity index (χ4v) is 3.55. The Morgan fingerprint density at radius 2 is 1.84 bits per heavy atom. The van der Waals surface area contributed by atoms with E-state index in [1.807, 2.05) is 26.8 Å². The van der Waals surface area contributed by atoms with Crippen LogP contribution in [0.4, 0.5) is 0 Å². The highest BCUT2D eigenvalue weighted by Gasteiger charge is 2.23. The quantitative estimate of drug-likeness (QED) is 0.341. The highest BCUT2D eigenvalue weighted by atomic mass is 79.9. The summed E-state index contributed by atoms with van der Waals surface area (Å²) >= 11 is 6.83. The number of carbonyl (C=O) groups excluding carboxylic acids is 1. The maximum Gasteiger partial charge on any atom is 0.343 e. The van der Waals surface area contributed by atoms with Crippen molar-refractivity contribution >= 4 is 54.9 Å². The summed E-state index contributed by atoms with van der Waals surface area (Å²) in [5.74, 6) is 0.455. The second kappa shape index (κ2) is 9.32. The zero-order valence-corrected chi connectivity index (χ0v) is 20.7. The second-order valence-corrected chi connectivity index (χ2v) is 9.59. The molecule has 0 aliphatic rings. The van der Waals surface area contributed by atoms with Gasteiger partial charge >= 0.3 is 5.97 Å². The molecule has 0 saturated heterocycles. The van der Waals surface area contributed by atoms with Crippen LogP contribution in [0.2, 0.25) is 0 Å². The lowest BCUT2D eigenvalue weighted by atomic mass is 9.95. The number of rotatable bonds is 5. The largest absolute Gasteiger partial charge is 0.481 e. The van der Waals surface area contributed by atoms with Crippen LogP contribution in [0.15, 0.2) is 55.2 Å². The molecule has 0 fully saturated rings. The molecule has 0 aliphatic carbocycles. The number of aromatic nitrogens is 2. The number of hydrogen-bond donors (Lipinski definition) is 0. The normalized spacial score (nSPS) is 11.8. The Balaban J connectivity index is 2.13. The molecule has 3 rings (SSSR count). The summed E-state index contributed by atoms with van der Waals surface area (Å²) in [4.78, 5) is 29.4. The molecule has 0 radical (unpaired) electrons. The van der Waals surface area contributed by atoms with Gasteiger partial charge in [0.2, 0.25) is 0 Å². The molecule has 0 spiro atoms. The number of ether oxygens (including phenoxy) is 2. The van der Waals surface area contributed by atoms with Crippen molar-refractivity contribution < 1.29 is 14.3 Å². The number of fused-ring (bicyclic) bond motifs is 1. The average Bonchev–Trinajstić information content (AvgIpc) is 2.71. The maximum absolute atomic E-state index is 13.3. The summed E-state index contributed by atoms with van der Waals surface area (Å²) in [6.07, 6.45) is 1.51. The molecule has 1 aromatic heterocycles. The average molecular weight is 551 g/mol. The Hall–Kier alpha value is -2.52. The molecule has 31 heavy (non-hydrogen) atoms. The summed E-state index contributed by atoms with van der Waals surface area (Å²) in [6, 6.07) is 10.7. The van der Waals surface area contributed by atoms with Crippen molar-refractivity contribution in [1.82, 2.24) is 9.66 Å². The van der Waals surface area contributed by atoms with Gasteiger partial charge < -0.3 is 9.47 Å². The third-order valence-electron chi connectivity index (χ3n) is 4.34. The first-order chi connectivity index (χ1) is 14.6. The highest BCUT2D eigenvalue weighted by molar-refractivity contribution is 9.10. The molecule has 0 atom stereocenters. The van der Waals surface area contributed by atoms with Gasteiger partial charge in [0.05, 0.1) is 24.2 Å². The Kier molecular flexibility index (Phi) is 6.96. The van der Waals surface area contributed by atoms with Crippen LogP contribution in [0.1, 0.15) is 32.2 Å². The van der Waals surface area contributed by atoms with E-state index in [9.17, 15) is 9.59 Å². The van der Waals surface area contributed by atoms with Crippen LogP contribution in [0.3, 0.4) is 0 Å². The van der Waals surface area contributed by atoms with Crippen LogP contribution in [0.5, 0.6) is 5.75 Å². The van der Waals surface area contributed by atoms with E-state index in [1.54, 1.807) is 30.3 Å². The minimum atomic E-state index is -0.499. The van der Waals surface area contributed by atoms with Gasteiger partial charge in [-0.25, -0.2) is 9.78 Å². The minimum absolute atomic E-state index is 0.238. The predicted octanol–water partition coefficient (Wildman–Crippen LogP) is 4.65. The highest BCUT2D eigenvalue weighted by Crippen LogP contribution is 2.24. The van der Waals surface area contributed by atoms with Crippen LogP contribution in [-0.2, 0) is 14.9 Å². The lowest BCUT2D eigenvalue weighted by Gasteiger charge is -2.21. The maximum atomic E-state index is 13.3. The number of hydrogen-bond acceptors (Lipinski definition) is 6. The van der Waals surface area contributed by atoms with E-state index in [2.05, 4.69) is 41.7 Å². The Morgan fingerprint density at radius 3 is 2.52 bits per heavy atom. The predicted molar refractivity (Wildman–Crippen MR) is 127 cm³/mol. The van der Waals surface area contributed by atoms with Crippen LogP contribution in [0.25, 0.3) is 10.9 Å². The summed E-state index contributed by atoms with van der Waals surface area (Å²) < 4.78 is 13.1. The number of halogens is 2. The molecule has 0 saturated carbocycles. The Morgan fingerprint density at radius 1 is 1.16 bits per heavy atom. The lowest BCUT2D eigenvalue weighted by molar-refractivity contribution is -0.142. The molecule has 0 aliphatic heterocycles. The third-order valence-corrected chi connectivity index (χ3v) is 5.32. The van der Waals surface area contributed by atoms with Crippen LogP contribution in [0, 0.1) is 0 Å². The van der Waals surface area contributed by atoms with Crippen molar-refractivity contribution in [1.29, 1.82) is 0 Å². The van der Waals surface area contributed by atoms with Crippen molar-refractivity contribution in [3.63, 3.8) is 0 Å².